The van der Waals surface area contributed by atoms with E-state index in [0.29, 0.717) is 31.9 Å². The standard InChI is InChI=1S/C21H26F3N5O4/c1-15-13-18(27-33-15)26-19(30)14-29(8-4-7-28-9-11-32-12-10-28)20(31)25-17-6-3-2-5-16(17)21(22,23)24/h2-3,5-6,13H,4,7-12,14H2,1H3,(H,25,31)(H,26,27,30). The van der Waals surface area contributed by atoms with E-state index in [0.717, 1.165) is 19.2 Å². The number of carbonyl (C=O) groups is 2. The minimum Gasteiger partial charge on any atom is -0.379 e. The van der Waals surface area contributed by atoms with Gasteiger partial charge in [0.15, 0.2) is 5.82 Å². The summed E-state index contributed by atoms with van der Waals surface area (Å²) in [6.07, 6.45) is -4.10. The quantitative estimate of drug-likeness (QED) is 0.616. The third-order valence-electron chi connectivity index (χ3n) is 5.00. The van der Waals surface area contributed by atoms with E-state index in [1.807, 2.05) is 0 Å². The smallest absolute Gasteiger partial charge is 0.379 e. The van der Waals surface area contributed by atoms with E-state index in [1.165, 1.54) is 29.2 Å². The van der Waals surface area contributed by atoms with Gasteiger partial charge in [-0.25, -0.2) is 4.79 Å². The number of hydrogen-bond acceptors (Lipinski definition) is 6. The van der Waals surface area contributed by atoms with Gasteiger partial charge in [-0.05, 0) is 25.5 Å². The highest BCUT2D eigenvalue weighted by atomic mass is 19.4. The number of nitrogens with zero attached hydrogens (tertiary/aromatic N) is 3. The van der Waals surface area contributed by atoms with Crippen LogP contribution in [0.15, 0.2) is 34.9 Å². The first-order chi connectivity index (χ1) is 15.7. The van der Waals surface area contributed by atoms with Crippen molar-refractivity contribution in [3.63, 3.8) is 0 Å². The highest BCUT2D eigenvalue weighted by Gasteiger charge is 2.34. The number of rotatable bonds is 8. The molecule has 180 valence electrons. The number of urea groups is 1. The number of aromatic nitrogens is 1. The number of benzene rings is 1. The topological polar surface area (TPSA) is 99.9 Å². The van der Waals surface area contributed by atoms with Crippen molar-refractivity contribution < 1.29 is 32.0 Å². The minimum atomic E-state index is -4.63. The van der Waals surface area contributed by atoms with Crippen LogP contribution in [0.3, 0.4) is 0 Å². The fourth-order valence-corrected chi connectivity index (χ4v) is 3.38. The fourth-order valence-electron chi connectivity index (χ4n) is 3.38. The zero-order chi connectivity index (χ0) is 23.8. The summed E-state index contributed by atoms with van der Waals surface area (Å²) >= 11 is 0. The third-order valence-corrected chi connectivity index (χ3v) is 5.00. The van der Waals surface area contributed by atoms with E-state index in [9.17, 15) is 22.8 Å². The van der Waals surface area contributed by atoms with Gasteiger partial charge in [0.1, 0.15) is 12.3 Å². The number of anilines is 2. The van der Waals surface area contributed by atoms with E-state index < -0.39 is 23.7 Å². The Balaban J connectivity index is 1.66. The lowest BCUT2D eigenvalue weighted by Crippen LogP contribution is -2.43. The minimum absolute atomic E-state index is 0.169. The maximum absolute atomic E-state index is 13.3. The molecule has 33 heavy (non-hydrogen) atoms. The molecule has 1 aliphatic rings. The summed E-state index contributed by atoms with van der Waals surface area (Å²) < 4.78 is 50.1. The molecule has 12 heteroatoms. The highest BCUT2D eigenvalue weighted by molar-refractivity contribution is 5.96. The van der Waals surface area contributed by atoms with Crippen molar-refractivity contribution >= 4 is 23.4 Å². The van der Waals surface area contributed by atoms with Crippen LogP contribution in [0.4, 0.5) is 29.5 Å². The molecule has 0 unspecified atom stereocenters. The summed E-state index contributed by atoms with van der Waals surface area (Å²) in [5.74, 6) is 0.136. The van der Waals surface area contributed by atoms with Crippen LogP contribution >= 0.6 is 0 Å². The molecule has 1 aromatic heterocycles. The number of morpholine rings is 1. The number of nitrogens with one attached hydrogen (secondary N) is 2. The maximum atomic E-state index is 13.3. The number of halogens is 3. The molecule has 0 radical (unpaired) electrons. The molecule has 2 N–H and O–H groups in total. The normalized spacial score (nSPS) is 14.7. The Morgan fingerprint density at radius 1 is 1.18 bits per heavy atom. The van der Waals surface area contributed by atoms with Gasteiger partial charge in [0.25, 0.3) is 0 Å². The average molecular weight is 469 g/mol. The number of alkyl halides is 3. The van der Waals surface area contributed by atoms with Gasteiger partial charge >= 0.3 is 12.2 Å². The number of aryl methyl sites for hydroxylation is 1. The Labute approximate surface area is 188 Å². The number of carbonyl (C=O) groups excluding carboxylic acids is 2. The summed E-state index contributed by atoms with van der Waals surface area (Å²) in [6.45, 7) is 4.89. The van der Waals surface area contributed by atoms with Crippen LogP contribution in [0, 0.1) is 6.92 Å². The number of ether oxygens (including phenoxy) is 1. The van der Waals surface area contributed by atoms with E-state index in [1.54, 1.807) is 6.92 Å². The lowest BCUT2D eigenvalue weighted by Gasteiger charge is -2.28. The summed E-state index contributed by atoms with van der Waals surface area (Å²) in [6, 6.07) is 5.41. The van der Waals surface area contributed by atoms with E-state index in [4.69, 9.17) is 9.26 Å². The van der Waals surface area contributed by atoms with Crippen LogP contribution in [0.1, 0.15) is 17.7 Å². The monoisotopic (exact) mass is 469 g/mol. The number of para-hydroxylation sites is 1. The Kier molecular flexibility index (Phi) is 8.28. The van der Waals surface area contributed by atoms with Crippen LogP contribution in [0.5, 0.6) is 0 Å². The second kappa shape index (κ2) is 11.1. The molecule has 3 rings (SSSR count). The molecule has 1 aromatic carbocycles. The number of hydrogen-bond donors (Lipinski definition) is 2. The highest BCUT2D eigenvalue weighted by Crippen LogP contribution is 2.34. The van der Waals surface area contributed by atoms with E-state index in [-0.39, 0.29) is 24.6 Å². The number of amides is 3. The van der Waals surface area contributed by atoms with Crippen molar-refractivity contribution in [2.45, 2.75) is 19.5 Å². The largest absolute Gasteiger partial charge is 0.418 e. The molecule has 9 nitrogen and oxygen atoms in total. The van der Waals surface area contributed by atoms with Crippen LogP contribution in [0.25, 0.3) is 0 Å². The van der Waals surface area contributed by atoms with Crippen molar-refractivity contribution in [3.8, 4) is 0 Å². The molecular weight excluding hydrogens is 443 g/mol. The van der Waals surface area contributed by atoms with Crippen LogP contribution in [-0.2, 0) is 15.7 Å². The zero-order valence-corrected chi connectivity index (χ0v) is 18.2. The predicted molar refractivity (Wildman–Crippen MR) is 114 cm³/mol. The Morgan fingerprint density at radius 2 is 1.91 bits per heavy atom. The molecule has 0 bridgehead atoms. The van der Waals surface area contributed by atoms with E-state index >= 15 is 0 Å². The van der Waals surface area contributed by atoms with E-state index in [2.05, 4.69) is 20.7 Å². The molecular formula is C21H26F3N5O4. The van der Waals surface area contributed by atoms with Gasteiger partial charge < -0.3 is 24.8 Å². The Bertz CT molecular complexity index is 944. The summed E-state index contributed by atoms with van der Waals surface area (Å²) in [5.41, 5.74) is -1.34. The fraction of sp³-hybridized carbons (Fsp3) is 0.476. The van der Waals surface area contributed by atoms with Crippen LogP contribution in [-0.4, -0.2) is 72.8 Å². The third kappa shape index (κ3) is 7.46. The molecule has 1 saturated heterocycles. The van der Waals surface area contributed by atoms with Gasteiger partial charge in [-0.3, -0.25) is 9.69 Å². The van der Waals surface area contributed by atoms with Gasteiger partial charge in [0.05, 0.1) is 24.5 Å². The Morgan fingerprint density at radius 3 is 2.58 bits per heavy atom. The van der Waals surface area contributed by atoms with Gasteiger partial charge in [-0.2, -0.15) is 13.2 Å². The first-order valence-electron chi connectivity index (χ1n) is 10.5. The van der Waals surface area contributed by atoms with Crippen molar-refractivity contribution in [2.75, 3.05) is 56.6 Å². The molecule has 0 saturated carbocycles. The van der Waals surface area contributed by atoms with Gasteiger partial charge in [-0.15, -0.1) is 0 Å². The van der Waals surface area contributed by atoms with Crippen LogP contribution in [0.2, 0.25) is 0 Å². The second-order valence-electron chi connectivity index (χ2n) is 7.57. The Hall–Kier alpha value is -3.12. The predicted octanol–water partition coefficient (Wildman–Crippen LogP) is 3.20. The van der Waals surface area contributed by atoms with Crippen molar-refractivity contribution in [1.29, 1.82) is 0 Å². The van der Waals surface area contributed by atoms with Crippen molar-refractivity contribution in [1.82, 2.24) is 15.0 Å². The molecule has 2 aromatic rings. The molecule has 1 fully saturated rings. The van der Waals surface area contributed by atoms with Gasteiger partial charge in [0, 0.05) is 32.2 Å². The summed E-state index contributed by atoms with van der Waals surface area (Å²) in [4.78, 5) is 28.7. The molecule has 0 atom stereocenters. The first-order valence-corrected chi connectivity index (χ1v) is 10.5. The molecule has 2 heterocycles. The van der Waals surface area contributed by atoms with Crippen molar-refractivity contribution in [2.24, 2.45) is 0 Å². The molecule has 1 aliphatic heterocycles. The SMILES string of the molecule is Cc1cc(NC(=O)CN(CCCN2CCOCC2)C(=O)Nc2ccccc2C(F)(F)F)no1. The van der Waals surface area contributed by atoms with Gasteiger partial charge in [-0.1, -0.05) is 17.3 Å². The maximum Gasteiger partial charge on any atom is 0.418 e. The molecule has 0 spiro atoms. The first kappa shape index (κ1) is 24.5. The lowest BCUT2D eigenvalue weighted by molar-refractivity contribution is -0.137. The summed E-state index contributed by atoms with van der Waals surface area (Å²) in [7, 11) is 0. The van der Waals surface area contributed by atoms with Crippen molar-refractivity contribution in [3.05, 3.63) is 41.7 Å². The molecule has 0 aliphatic carbocycles. The average Bonchev–Trinajstić information content (AvgIpc) is 3.17. The molecule has 3 amide bonds. The summed E-state index contributed by atoms with van der Waals surface area (Å²) in [5, 5.41) is 8.48. The zero-order valence-electron chi connectivity index (χ0n) is 18.2. The lowest BCUT2D eigenvalue weighted by atomic mass is 10.1. The van der Waals surface area contributed by atoms with Crippen LogP contribution < -0.4 is 10.6 Å². The van der Waals surface area contributed by atoms with Gasteiger partial charge in [0.2, 0.25) is 5.91 Å². The second-order valence-corrected chi connectivity index (χ2v) is 7.57.